The number of imide groups is 1. The van der Waals surface area contributed by atoms with Crippen LogP contribution in [0.3, 0.4) is 0 Å². The number of nitrogens with one attached hydrogen (secondary N) is 4. The van der Waals surface area contributed by atoms with Crippen molar-refractivity contribution in [1.29, 1.82) is 0 Å². The SMILES string of the molecule is Cn1c(=O)n(C2CCC(=O)NC2=O)c2ccc(CN3CCC(OC4CN(CC5CCC(NC(=O)[C@@H]6NC7(CCCCC7)[C@@]7(C(=O)Nc8cc(Cl)ccc87)[C@H]6c6cccc(Cl)c6F)CC5)C4)CC3)cc21. The number of nitrogens with zero attached hydrogens (tertiary/aromatic N) is 4. The molecule has 4 aromatic rings. The van der Waals surface area contributed by atoms with Crippen LogP contribution in [0, 0.1) is 11.7 Å². The number of imidazole rings is 1. The molecule has 366 valence electrons. The standard InChI is InChI=1S/C52H61Cl2FN8O6/c1-60-42-24-31(10-15-40(42)63(50(60)68)41-16-17-43(64)58-47(41)65)27-61-22-18-34(19-23-61)69-35-28-62(29-35)26-30-8-12-33(13-9-30)56-48(66)46-44(36-6-5-7-38(54)45(36)55)52(51(59-46)20-3-2-4-21-51)37-14-11-32(53)25-39(37)57-49(52)67/h5-7,10-11,14-15,24-25,30,33-35,41,44,46,59H,2-4,8-9,12-13,16-23,26-29H2,1H3,(H,56,66)(H,57,67)(H,58,64,65)/t30?,33?,41?,44-,46+,52+/m0/s1. The number of amides is 4. The van der Waals surface area contributed by atoms with E-state index in [1.807, 2.05) is 24.3 Å². The van der Waals surface area contributed by atoms with E-state index in [0.29, 0.717) is 41.4 Å². The molecule has 1 aromatic heterocycles. The van der Waals surface area contributed by atoms with E-state index < -0.39 is 40.7 Å². The Kier molecular flexibility index (Phi) is 12.5. The summed E-state index contributed by atoms with van der Waals surface area (Å²) >= 11 is 12.9. The topological polar surface area (TPSA) is 159 Å². The lowest BCUT2D eigenvalue weighted by molar-refractivity contribution is -0.136. The first kappa shape index (κ1) is 46.7. The minimum atomic E-state index is -1.26. The van der Waals surface area contributed by atoms with E-state index in [2.05, 4.69) is 31.1 Å². The van der Waals surface area contributed by atoms with Gasteiger partial charge in [-0.3, -0.25) is 48.7 Å². The molecule has 0 radical (unpaired) electrons. The maximum absolute atomic E-state index is 16.3. The van der Waals surface area contributed by atoms with Crippen LogP contribution in [-0.2, 0) is 42.9 Å². The number of carbonyl (C=O) groups excluding carboxylic acids is 4. The van der Waals surface area contributed by atoms with E-state index in [1.54, 1.807) is 35.9 Å². The molecule has 6 fully saturated rings. The van der Waals surface area contributed by atoms with Crippen molar-refractivity contribution in [1.82, 2.24) is 34.9 Å². The van der Waals surface area contributed by atoms with Crippen LogP contribution in [0.1, 0.15) is 112 Å². The largest absolute Gasteiger partial charge is 0.372 e. The van der Waals surface area contributed by atoms with Crippen molar-refractivity contribution in [2.75, 3.05) is 38.0 Å². The Bertz CT molecular complexity index is 2750. The van der Waals surface area contributed by atoms with Crippen molar-refractivity contribution < 1.29 is 28.3 Å². The average molecular weight is 984 g/mol. The molecule has 4 amide bonds. The molecule has 11 rings (SSSR count). The molecule has 69 heavy (non-hydrogen) atoms. The van der Waals surface area contributed by atoms with Crippen LogP contribution >= 0.6 is 23.2 Å². The fraction of sp³-hybridized carbons (Fsp3) is 0.558. The molecule has 6 heterocycles. The van der Waals surface area contributed by atoms with Crippen molar-refractivity contribution >= 4 is 63.6 Å². The highest BCUT2D eigenvalue weighted by atomic mass is 35.5. The number of likely N-dealkylation sites (tertiary alicyclic amines) is 2. The highest BCUT2D eigenvalue weighted by Gasteiger charge is 2.72. The molecule has 4 N–H and O–H groups in total. The molecule has 7 aliphatic rings. The maximum atomic E-state index is 16.3. The molecule has 1 unspecified atom stereocenters. The van der Waals surface area contributed by atoms with E-state index >= 15 is 4.39 Å². The van der Waals surface area contributed by atoms with Crippen LogP contribution < -0.4 is 27.0 Å². The lowest BCUT2D eigenvalue weighted by atomic mass is 9.55. The number of anilines is 1. The smallest absolute Gasteiger partial charge is 0.329 e. The molecule has 5 aliphatic heterocycles. The molecule has 4 atom stereocenters. The zero-order valence-corrected chi connectivity index (χ0v) is 40.6. The second-order valence-electron chi connectivity index (χ2n) is 21.0. The monoisotopic (exact) mass is 982 g/mol. The predicted molar refractivity (Wildman–Crippen MR) is 261 cm³/mol. The Morgan fingerprint density at radius 2 is 1.62 bits per heavy atom. The molecule has 14 nitrogen and oxygen atoms in total. The Morgan fingerprint density at radius 3 is 2.38 bits per heavy atom. The summed E-state index contributed by atoms with van der Waals surface area (Å²) < 4.78 is 26.1. The summed E-state index contributed by atoms with van der Waals surface area (Å²) in [5.41, 5.74) is 1.90. The fourth-order valence-corrected chi connectivity index (χ4v) is 13.9. The summed E-state index contributed by atoms with van der Waals surface area (Å²) in [4.78, 5) is 71.9. The van der Waals surface area contributed by atoms with Gasteiger partial charge in [-0.15, -0.1) is 0 Å². The van der Waals surface area contributed by atoms with Gasteiger partial charge < -0.3 is 15.4 Å². The first-order valence-electron chi connectivity index (χ1n) is 25.1. The quantitative estimate of drug-likeness (QED) is 0.131. The third-order valence-electron chi connectivity index (χ3n) is 16.9. The predicted octanol–water partition coefficient (Wildman–Crippen LogP) is 6.45. The third kappa shape index (κ3) is 8.22. The van der Waals surface area contributed by atoms with Crippen LogP contribution in [0.2, 0.25) is 10.0 Å². The molecule has 17 heteroatoms. The summed E-state index contributed by atoms with van der Waals surface area (Å²) in [6.45, 7) is 5.46. The van der Waals surface area contributed by atoms with Gasteiger partial charge in [0, 0.05) is 80.9 Å². The number of piperidine rings is 2. The van der Waals surface area contributed by atoms with E-state index in [1.165, 1.54) is 10.6 Å². The Balaban J connectivity index is 0.666. The zero-order valence-electron chi connectivity index (χ0n) is 39.0. The normalized spacial score (nSPS) is 28.8. The van der Waals surface area contributed by atoms with Gasteiger partial charge in [0.2, 0.25) is 23.6 Å². The van der Waals surface area contributed by atoms with E-state index in [9.17, 15) is 24.0 Å². The summed E-state index contributed by atoms with van der Waals surface area (Å²) in [5.74, 6) is -2.11. The van der Waals surface area contributed by atoms with Crippen molar-refractivity contribution in [3.63, 3.8) is 0 Å². The second-order valence-corrected chi connectivity index (χ2v) is 21.9. The minimum Gasteiger partial charge on any atom is -0.372 e. The summed E-state index contributed by atoms with van der Waals surface area (Å²) in [6, 6.07) is 14.7. The van der Waals surface area contributed by atoms with Gasteiger partial charge in [-0.05, 0) is 111 Å². The van der Waals surface area contributed by atoms with E-state index in [-0.39, 0.29) is 58.7 Å². The Hall–Kier alpha value is -4.64. The van der Waals surface area contributed by atoms with Gasteiger partial charge in [0.25, 0.3) is 0 Å². The number of benzene rings is 3. The number of hydrogen-bond donors (Lipinski definition) is 4. The van der Waals surface area contributed by atoms with Crippen LogP contribution in [0.4, 0.5) is 10.1 Å². The number of halogens is 3. The summed E-state index contributed by atoms with van der Waals surface area (Å²) in [6.07, 6.45) is 10.7. The van der Waals surface area contributed by atoms with Gasteiger partial charge in [0.1, 0.15) is 17.3 Å². The second kappa shape index (κ2) is 18.5. The molecule has 0 bridgehead atoms. The highest BCUT2D eigenvalue weighted by molar-refractivity contribution is 6.31. The lowest BCUT2D eigenvalue weighted by Gasteiger charge is -2.47. The van der Waals surface area contributed by atoms with Crippen LogP contribution in [0.25, 0.3) is 11.0 Å². The lowest BCUT2D eigenvalue weighted by Crippen LogP contribution is -2.60. The number of aromatic nitrogens is 2. The number of hydrogen-bond acceptors (Lipinski definition) is 9. The molecular formula is C52H61Cl2FN8O6. The van der Waals surface area contributed by atoms with Crippen molar-refractivity contribution in [3.05, 3.63) is 97.6 Å². The van der Waals surface area contributed by atoms with E-state index in [0.717, 1.165) is 114 Å². The van der Waals surface area contributed by atoms with Gasteiger partial charge in [-0.25, -0.2) is 9.18 Å². The number of ether oxygens (including phenoxy) is 1. The minimum absolute atomic E-state index is 0.0234. The number of fused-ring (bicyclic) bond motifs is 4. The van der Waals surface area contributed by atoms with Crippen molar-refractivity contribution in [3.8, 4) is 0 Å². The Labute approximate surface area is 410 Å². The summed E-state index contributed by atoms with van der Waals surface area (Å²) in [5, 5.41) is 13.1. The number of aryl methyl sites for hydroxylation is 1. The number of rotatable bonds is 10. The molecular weight excluding hydrogens is 923 g/mol. The van der Waals surface area contributed by atoms with Crippen LogP contribution in [0.15, 0.2) is 59.4 Å². The van der Waals surface area contributed by atoms with Crippen LogP contribution in [-0.4, -0.2) is 105 Å². The number of carbonyl (C=O) groups is 4. The van der Waals surface area contributed by atoms with Gasteiger partial charge in [0.05, 0.1) is 34.3 Å². The third-order valence-corrected chi connectivity index (χ3v) is 17.5. The summed E-state index contributed by atoms with van der Waals surface area (Å²) in [7, 11) is 1.73. The van der Waals surface area contributed by atoms with E-state index in [4.69, 9.17) is 27.9 Å². The molecule has 2 spiro atoms. The molecule has 2 aliphatic carbocycles. The Morgan fingerprint density at radius 1 is 0.855 bits per heavy atom. The molecule has 2 saturated carbocycles. The highest BCUT2D eigenvalue weighted by Crippen LogP contribution is 2.63. The first-order chi connectivity index (χ1) is 33.3. The van der Waals surface area contributed by atoms with Gasteiger partial charge in [0.15, 0.2) is 0 Å². The first-order valence-corrected chi connectivity index (χ1v) is 25.8. The van der Waals surface area contributed by atoms with Crippen LogP contribution in [0.5, 0.6) is 0 Å². The van der Waals surface area contributed by atoms with Crippen molar-refractivity contribution in [2.24, 2.45) is 13.0 Å². The molecule has 3 aromatic carbocycles. The van der Waals surface area contributed by atoms with Crippen molar-refractivity contribution in [2.45, 2.75) is 137 Å². The average Bonchev–Trinajstić information content (AvgIpc) is 3.87. The fourth-order valence-electron chi connectivity index (χ4n) is 13.6. The van der Waals surface area contributed by atoms with Gasteiger partial charge in [-0.1, -0.05) is 66.7 Å². The zero-order chi connectivity index (χ0) is 47.8. The van der Waals surface area contributed by atoms with Gasteiger partial charge in [-0.2, -0.15) is 0 Å². The van der Waals surface area contributed by atoms with Gasteiger partial charge >= 0.3 is 5.69 Å². The molecule has 4 saturated heterocycles. The maximum Gasteiger partial charge on any atom is 0.329 e.